The van der Waals surface area contributed by atoms with Crippen LogP contribution in [0.5, 0.6) is 0 Å². The molecule has 3 rings (SSSR count). The molecule has 1 N–H and O–H groups in total. The first kappa shape index (κ1) is 20.4. The van der Waals surface area contributed by atoms with Crippen LogP contribution in [-0.2, 0) is 20.9 Å². The van der Waals surface area contributed by atoms with Gasteiger partial charge in [0.15, 0.2) is 10.9 Å². The molecule has 0 saturated heterocycles. The van der Waals surface area contributed by atoms with Gasteiger partial charge in [0.05, 0.1) is 10.2 Å². The van der Waals surface area contributed by atoms with Crippen LogP contribution in [0.25, 0.3) is 10.2 Å². The number of amides is 1. The number of nitrogens with zero attached hydrogens (tertiary/aromatic N) is 1. The molecule has 1 amide bonds. The van der Waals surface area contributed by atoms with Crippen LogP contribution >= 0.6 is 23.1 Å². The van der Waals surface area contributed by atoms with Crippen molar-refractivity contribution in [3.8, 4) is 0 Å². The third kappa shape index (κ3) is 6.07. The van der Waals surface area contributed by atoms with Crippen molar-refractivity contribution in [1.82, 2.24) is 10.3 Å². The Bertz CT molecular complexity index is 922. The van der Waals surface area contributed by atoms with E-state index in [0.29, 0.717) is 19.4 Å². The maximum absolute atomic E-state index is 11.8. The molecule has 0 radical (unpaired) electrons. The predicted molar refractivity (Wildman–Crippen MR) is 114 cm³/mol. The molecule has 0 spiro atoms. The smallest absolute Gasteiger partial charge is 0.306 e. The van der Waals surface area contributed by atoms with Gasteiger partial charge in [-0.25, -0.2) is 4.98 Å². The van der Waals surface area contributed by atoms with Crippen LogP contribution in [0.4, 0.5) is 0 Å². The molecule has 1 aromatic heterocycles. The first-order chi connectivity index (χ1) is 13.6. The highest BCUT2D eigenvalue weighted by Crippen LogP contribution is 2.29. The molecule has 0 saturated carbocycles. The van der Waals surface area contributed by atoms with E-state index in [0.717, 1.165) is 26.7 Å². The van der Waals surface area contributed by atoms with Crippen LogP contribution in [0, 0.1) is 6.92 Å². The van der Waals surface area contributed by atoms with Gasteiger partial charge in [0.25, 0.3) is 5.91 Å². The Kier molecular flexibility index (Phi) is 7.45. The van der Waals surface area contributed by atoms with E-state index in [-0.39, 0.29) is 18.5 Å². The summed E-state index contributed by atoms with van der Waals surface area (Å²) in [7, 11) is 0. The van der Waals surface area contributed by atoms with E-state index in [2.05, 4.69) is 16.4 Å². The number of rotatable bonds is 9. The maximum Gasteiger partial charge on any atom is 0.306 e. The minimum atomic E-state index is -0.351. The monoisotopic (exact) mass is 414 g/mol. The number of carbonyl (C=O) groups excluding carboxylic acids is 2. The molecular weight excluding hydrogens is 392 g/mol. The Morgan fingerprint density at radius 2 is 1.93 bits per heavy atom. The summed E-state index contributed by atoms with van der Waals surface area (Å²) in [6, 6.07) is 15.9. The van der Waals surface area contributed by atoms with Gasteiger partial charge >= 0.3 is 5.97 Å². The molecular formula is C21H22N2O3S2. The Labute approximate surface area is 172 Å². The van der Waals surface area contributed by atoms with Gasteiger partial charge in [0.2, 0.25) is 0 Å². The number of thiazole rings is 1. The summed E-state index contributed by atoms with van der Waals surface area (Å²) in [5.41, 5.74) is 3.17. The number of ether oxygens (including phenoxy) is 1. The van der Waals surface area contributed by atoms with Crippen molar-refractivity contribution in [1.29, 1.82) is 0 Å². The molecule has 5 nitrogen and oxygen atoms in total. The van der Waals surface area contributed by atoms with Crippen LogP contribution in [0.15, 0.2) is 52.9 Å². The van der Waals surface area contributed by atoms with Gasteiger partial charge in [-0.3, -0.25) is 9.59 Å². The average Bonchev–Trinajstić information content (AvgIpc) is 3.12. The predicted octanol–water partition coefficient (Wildman–Crippen LogP) is 4.34. The summed E-state index contributed by atoms with van der Waals surface area (Å²) >= 11 is 3.30. The number of esters is 1. The van der Waals surface area contributed by atoms with Crippen LogP contribution in [0.2, 0.25) is 0 Å². The lowest BCUT2D eigenvalue weighted by atomic mass is 10.1. The number of aromatic nitrogens is 1. The Balaban J connectivity index is 1.30. The van der Waals surface area contributed by atoms with E-state index in [1.165, 1.54) is 4.70 Å². The Morgan fingerprint density at radius 1 is 1.14 bits per heavy atom. The summed E-state index contributed by atoms with van der Waals surface area (Å²) in [5.74, 6) is 0.144. The lowest BCUT2D eigenvalue weighted by molar-refractivity contribution is -0.148. The summed E-state index contributed by atoms with van der Waals surface area (Å²) in [5, 5.41) is 2.77. The first-order valence-electron chi connectivity index (χ1n) is 9.07. The van der Waals surface area contributed by atoms with Crippen molar-refractivity contribution in [3.63, 3.8) is 0 Å². The fraction of sp³-hybridized carbons (Fsp3) is 0.286. The Morgan fingerprint density at radius 3 is 2.75 bits per heavy atom. The van der Waals surface area contributed by atoms with Crippen LogP contribution < -0.4 is 5.32 Å². The second-order valence-corrected chi connectivity index (χ2v) is 8.64. The van der Waals surface area contributed by atoms with Crippen LogP contribution in [0.3, 0.4) is 0 Å². The fourth-order valence-electron chi connectivity index (χ4n) is 2.56. The second kappa shape index (κ2) is 10.2. The van der Waals surface area contributed by atoms with Crippen molar-refractivity contribution >= 4 is 45.2 Å². The zero-order valence-corrected chi connectivity index (χ0v) is 17.3. The van der Waals surface area contributed by atoms with Gasteiger partial charge in [-0.05, 0) is 36.6 Å². The number of para-hydroxylation sites is 1. The van der Waals surface area contributed by atoms with Crippen molar-refractivity contribution in [3.05, 3.63) is 59.7 Å². The minimum Gasteiger partial charge on any atom is -0.456 e. The Hall–Kier alpha value is -2.38. The first-order valence-corrected chi connectivity index (χ1v) is 10.9. The summed E-state index contributed by atoms with van der Waals surface area (Å²) in [6.45, 7) is 2.19. The molecule has 28 heavy (non-hydrogen) atoms. The van der Waals surface area contributed by atoms with Gasteiger partial charge in [-0.1, -0.05) is 48.2 Å². The van der Waals surface area contributed by atoms with E-state index in [4.69, 9.17) is 4.74 Å². The molecule has 1 heterocycles. The van der Waals surface area contributed by atoms with Crippen molar-refractivity contribution < 1.29 is 14.3 Å². The standard InChI is InChI=1S/C21H22N2O3S2/c1-15-7-2-3-8-16(15)13-22-19(24)14-26-20(25)11-6-12-27-21-23-17-9-4-5-10-18(17)28-21/h2-5,7-10H,6,11-14H2,1H3,(H,22,24). The summed E-state index contributed by atoms with van der Waals surface area (Å²) < 4.78 is 7.22. The molecule has 0 fully saturated rings. The molecule has 0 atom stereocenters. The topological polar surface area (TPSA) is 68.3 Å². The van der Waals surface area contributed by atoms with Gasteiger partial charge in [0.1, 0.15) is 0 Å². The molecule has 146 valence electrons. The lowest BCUT2D eigenvalue weighted by Gasteiger charge is -2.08. The van der Waals surface area contributed by atoms with E-state index >= 15 is 0 Å². The number of aryl methyl sites for hydroxylation is 1. The minimum absolute atomic E-state index is 0.240. The molecule has 7 heteroatoms. The highest BCUT2D eigenvalue weighted by Gasteiger charge is 2.09. The average molecular weight is 415 g/mol. The fourth-order valence-corrected chi connectivity index (χ4v) is 4.64. The highest BCUT2D eigenvalue weighted by atomic mass is 32.2. The molecule has 0 aliphatic heterocycles. The van der Waals surface area contributed by atoms with E-state index in [1.807, 2.05) is 49.4 Å². The normalized spacial score (nSPS) is 10.8. The maximum atomic E-state index is 11.8. The van der Waals surface area contributed by atoms with Crippen LogP contribution in [-0.4, -0.2) is 29.2 Å². The number of nitrogens with one attached hydrogen (secondary N) is 1. The van der Waals surface area contributed by atoms with Crippen molar-refractivity contribution in [2.45, 2.75) is 30.6 Å². The number of carbonyl (C=O) groups is 2. The van der Waals surface area contributed by atoms with Gasteiger partial charge in [-0.15, -0.1) is 11.3 Å². The van der Waals surface area contributed by atoms with E-state index in [9.17, 15) is 9.59 Å². The van der Waals surface area contributed by atoms with E-state index in [1.54, 1.807) is 23.1 Å². The highest BCUT2D eigenvalue weighted by molar-refractivity contribution is 8.01. The van der Waals surface area contributed by atoms with Crippen molar-refractivity contribution in [2.24, 2.45) is 0 Å². The second-order valence-electron chi connectivity index (χ2n) is 6.26. The quantitative estimate of drug-likeness (QED) is 0.321. The van der Waals surface area contributed by atoms with Gasteiger partial charge in [-0.2, -0.15) is 0 Å². The summed E-state index contributed by atoms with van der Waals surface area (Å²) in [4.78, 5) is 28.2. The zero-order valence-electron chi connectivity index (χ0n) is 15.6. The third-order valence-corrected chi connectivity index (χ3v) is 6.39. The molecule has 3 aromatic rings. The largest absolute Gasteiger partial charge is 0.456 e. The molecule has 2 aromatic carbocycles. The van der Waals surface area contributed by atoms with Gasteiger partial charge in [0, 0.05) is 18.7 Å². The van der Waals surface area contributed by atoms with Crippen molar-refractivity contribution in [2.75, 3.05) is 12.4 Å². The third-order valence-electron chi connectivity index (χ3n) is 4.13. The van der Waals surface area contributed by atoms with E-state index < -0.39 is 0 Å². The van der Waals surface area contributed by atoms with Crippen LogP contribution in [0.1, 0.15) is 24.0 Å². The number of hydrogen-bond donors (Lipinski definition) is 1. The lowest BCUT2D eigenvalue weighted by Crippen LogP contribution is -2.28. The number of hydrogen-bond acceptors (Lipinski definition) is 6. The number of thioether (sulfide) groups is 1. The molecule has 0 unspecified atom stereocenters. The zero-order chi connectivity index (χ0) is 19.8. The molecule has 0 bridgehead atoms. The molecule has 0 aliphatic rings. The molecule has 0 aliphatic carbocycles. The number of benzene rings is 2. The number of fused-ring (bicyclic) bond motifs is 1. The van der Waals surface area contributed by atoms with Gasteiger partial charge < -0.3 is 10.1 Å². The summed E-state index contributed by atoms with van der Waals surface area (Å²) in [6.07, 6.45) is 0.979. The SMILES string of the molecule is Cc1ccccc1CNC(=O)COC(=O)CCCSc1nc2ccccc2s1.